The molecule has 1 aromatic rings. The quantitative estimate of drug-likeness (QED) is 0.845. The molecule has 0 saturated carbocycles. The summed E-state index contributed by atoms with van der Waals surface area (Å²) < 4.78 is 5.12. The summed E-state index contributed by atoms with van der Waals surface area (Å²) >= 11 is 0. The molecule has 0 bridgehead atoms. The Hall–Kier alpha value is -1.85. The summed E-state index contributed by atoms with van der Waals surface area (Å²) in [5, 5.41) is 2.98. The molecule has 0 aliphatic carbocycles. The van der Waals surface area contributed by atoms with Crippen molar-refractivity contribution in [2.45, 2.75) is 19.3 Å². The van der Waals surface area contributed by atoms with Crippen LogP contribution in [0.2, 0.25) is 0 Å². The first-order chi connectivity index (χ1) is 9.23. The summed E-state index contributed by atoms with van der Waals surface area (Å²) in [5.74, 6) is 1.39. The van der Waals surface area contributed by atoms with Crippen molar-refractivity contribution in [1.82, 2.24) is 15.3 Å². The van der Waals surface area contributed by atoms with E-state index in [0.717, 1.165) is 32.4 Å². The van der Waals surface area contributed by atoms with Gasteiger partial charge in [-0.05, 0) is 19.3 Å². The van der Waals surface area contributed by atoms with Gasteiger partial charge < -0.3 is 15.0 Å². The Labute approximate surface area is 112 Å². The summed E-state index contributed by atoms with van der Waals surface area (Å²) in [7, 11) is 1.59. The third-order valence-corrected chi connectivity index (χ3v) is 4.06. The second-order valence-electron chi connectivity index (χ2n) is 5.21. The topological polar surface area (TPSA) is 67.3 Å². The van der Waals surface area contributed by atoms with Gasteiger partial charge in [0.05, 0.1) is 12.5 Å². The van der Waals surface area contributed by atoms with E-state index in [4.69, 9.17) is 4.74 Å². The third kappa shape index (κ3) is 2.11. The molecule has 2 aliphatic heterocycles. The molecule has 19 heavy (non-hydrogen) atoms. The molecule has 0 radical (unpaired) electrons. The van der Waals surface area contributed by atoms with Crippen molar-refractivity contribution in [1.29, 1.82) is 0 Å². The van der Waals surface area contributed by atoms with Crippen molar-refractivity contribution in [3.63, 3.8) is 0 Å². The number of methoxy groups -OCH3 is 1. The van der Waals surface area contributed by atoms with Crippen molar-refractivity contribution in [3.8, 4) is 5.88 Å². The van der Waals surface area contributed by atoms with E-state index in [2.05, 4.69) is 20.2 Å². The van der Waals surface area contributed by atoms with Crippen LogP contribution in [0.1, 0.15) is 19.3 Å². The van der Waals surface area contributed by atoms with Gasteiger partial charge in [-0.15, -0.1) is 0 Å². The largest absolute Gasteiger partial charge is 0.481 e. The highest BCUT2D eigenvalue weighted by Gasteiger charge is 2.46. The first-order valence-corrected chi connectivity index (χ1v) is 6.64. The SMILES string of the molecule is COc1ccnc(N2CCC3(CCCNC3=O)C2)n1. The number of nitrogens with one attached hydrogen (secondary N) is 1. The minimum absolute atomic E-state index is 0.184. The van der Waals surface area contributed by atoms with E-state index in [-0.39, 0.29) is 11.3 Å². The molecule has 0 aromatic carbocycles. The highest BCUT2D eigenvalue weighted by Crippen LogP contribution is 2.38. The Bertz CT molecular complexity index is 493. The molecule has 2 fully saturated rings. The van der Waals surface area contributed by atoms with Gasteiger partial charge in [0.2, 0.25) is 17.7 Å². The molecule has 6 nitrogen and oxygen atoms in total. The first kappa shape index (κ1) is 12.2. The van der Waals surface area contributed by atoms with E-state index in [0.29, 0.717) is 18.4 Å². The monoisotopic (exact) mass is 262 g/mol. The van der Waals surface area contributed by atoms with Crippen LogP contribution in [-0.2, 0) is 4.79 Å². The fraction of sp³-hybridized carbons (Fsp3) is 0.615. The molecule has 3 heterocycles. The zero-order valence-corrected chi connectivity index (χ0v) is 11.1. The zero-order chi connectivity index (χ0) is 13.3. The first-order valence-electron chi connectivity index (χ1n) is 6.64. The number of amides is 1. The Balaban J connectivity index is 1.79. The molecule has 2 aliphatic rings. The highest BCUT2D eigenvalue weighted by molar-refractivity contribution is 5.84. The molecule has 3 rings (SSSR count). The number of hydrogen-bond acceptors (Lipinski definition) is 5. The van der Waals surface area contributed by atoms with Gasteiger partial charge in [0.15, 0.2) is 0 Å². The van der Waals surface area contributed by atoms with Gasteiger partial charge in [-0.3, -0.25) is 4.79 Å². The van der Waals surface area contributed by atoms with Crippen LogP contribution in [0.25, 0.3) is 0 Å². The van der Waals surface area contributed by atoms with E-state index in [1.54, 1.807) is 19.4 Å². The van der Waals surface area contributed by atoms with Crippen molar-refractivity contribution in [2.24, 2.45) is 5.41 Å². The minimum Gasteiger partial charge on any atom is -0.481 e. The fourth-order valence-corrected chi connectivity index (χ4v) is 2.96. The average Bonchev–Trinajstić information content (AvgIpc) is 2.88. The predicted octanol–water partition coefficient (Wildman–Crippen LogP) is 0.592. The lowest BCUT2D eigenvalue weighted by Gasteiger charge is -2.32. The van der Waals surface area contributed by atoms with Crippen LogP contribution in [0.5, 0.6) is 5.88 Å². The standard InChI is InChI=1S/C13H18N4O2/c1-19-10-3-7-15-12(16-10)17-8-5-13(9-17)4-2-6-14-11(13)18/h3,7H,2,4-6,8-9H2,1H3,(H,14,18). The summed E-state index contributed by atoms with van der Waals surface area (Å²) in [4.78, 5) is 22.8. The summed E-state index contributed by atoms with van der Waals surface area (Å²) in [6, 6.07) is 1.72. The lowest BCUT2D eigenvalue weighted by Crippen LogP contribution is -2.47. The normalized spacial score (nSPS) is 26.6. The van der Waals surface area contributed by atoms with Crippen LogP contribution < -0.4 is 15.0 Å². The van der Waals surface area contributed by atoms with E-state index >= 15 is 0 Å². The number of aromatic nitrogens is 2. The molecule has 1 amide bonds. The van der Waals surface area contributed by atoms with Gasteiger partial charge in [-0.25, -0.2) is 4.98 Å². The molecule has 6 heteroatoms. The van der Waals surface area contributed by atoms with Gasteiger partial charge in [-0.2, -0.15) is 4.98 Å². The minimum atomic E-state index is -0.245. The average molecular weight is 262 g/mol. The number of hydrogen-bond donors (Lipinski definition) is 1. The number of carbonyl (C=O) groups excluding carboxylic acids is 1. The Morgan fingerprint density at radius 1 is 1.47 bits per heavy atom. The van der Waals surface area contributed by atoms with Crippen LogP contribution in [0, 0.1) is 5.41 Å². The van der Waals surface area contributed by atoms with Crippen molar-refractivity contribution >= 4 is 11.9 Å². The fourth-order valence-electron chi connectivity index (χ4n) is 2.96. The van der Waals surface area contributed by atoms with Crippen LogP contribution in [0.15, 0.2) is 12.3 Å². The summed E-state index contributed by atoms with van der Waals surface area (Å²) in [6.07, 6.45) is 4.57. The van der Waals surface area contributed by atoms with Crippen LogP contribution in [0.4, 0.5) is 5.95 Å². The van der Waals surface area contributed by atoms with E-state index in [9.17, 15) is 4.79 Å². The lowest BCUT2D eigenvalue weighted by atomic mass is 9.79. The molecule has 1 spiro atoms. The number of rotatable bonds is 2. The maximum absolute atomic E-state index is 12.1. The molecular weight excluding hydrogens is 244 g/mol. The third-order valence-electron chi connectivity index (χ3n) is 4.06. The van der Waals surface area contributed by atoms with Gasteiger partial charge in [-0.1, -0.05) is 0 Å². The second kappa shape index (κ2) is 4.68. The number of nitrogens with zero attached hydrogens (tertiary/aromatic N) is 3. The van der Waals surface area contributed by atoms with Crippen LogP contribution >= 0.6 is 0 Å². The van der Waals surface area contributed by atoms with E-state index in [1.165, 1.54) is 0 Å². The lowest BCUT2D eigenvalue weighted by molar-refractivity contribution is -0.132. The number of anilines is 1. The van der Waals surface area contributed by atoms with E-state index < -0.39 is 0 Å². The van der Waals surface area contributed by atoms with Gasteiger partial charge in [0.1, 0.15) is 0 Å². The molecule has 1 atom stereocenters. The molecule has 102 valence electrons. The Kier molecular flexibility index (Phi) is 3.00. The van der Waals surface area contributed by atoms with Crippen LogP contribution in [-0.4, -0.2) is 42.6 Å². The van der Waals surface area contributed by atoms with Crippen molar-refractivity contribution < 1.29 is 9.53 Å². The number of piperidine rings is 1. The van der Waals surface area contributed by atoms with Gasteiger partial charge in [0.25, 0.3) is 0 Å². The molecular formula is C13H18N4O2. The maximum Gasteiger partial charge on any atom is 0.228 e. The molecule has 1 N–H and O–H groups in total. The Morgan fingerprint density at radius 2 is 2.37 bits per heavy atom. The number of carbonyl (C=O) groups is 1. The van der Waals surface area contributed by atoms with Crippen molar-refractivity contribution in [3.05, 3.63) is 12.3 Å². The number of ether oxygens (including phenoxy) is 1. The van der Waals surface area contributed by atoms with Crippen LogP contribution in [0.3, 0.4) is 0 Å². The zero-order valence-electron chi connectivity index (χ0n) is 11.1. The van der Waals surface area contributed by atoms with Gasteiger partial charge >= 0.3 is 0 Å². The maximum atomic E-state index is 12.1. The van der Waals surface area contributed by atoms with Gasteiger partial charge in [0, 0.05) is 31.9 Å². The Morgan fingerprint density at radius 3 is 3.16 bits per heavy atom. The van der Waals surface area contributed by atoms with E-state index in [1.807, 2.05) is 0 Å². The molecule has 1 aromatic heterocycles. The molecule has 1 unspecified atom stereocenters. The highest BCUT2D eigenvalue weighted by atomic mass is 16.5. The summed E-state index contributed by atoms with van der Waals surface area (Å²) in [6.45, 7) is 2.32. The predicted molar refractivity (Wildman–Crippen MR) is 70.1 cm³/mol. The van der Waals surface area contributed by atoms with Crippen molar-refractivity contribution in [2.75, 3.05) is 31.6 Å². The molecule has 2 saturated heterocycles. The second-order valence-corrected chi connectivity index (χ2v) is 5.21. The smallest absolute Gasteiger partial charge is 0.228 e. The summed E-state index contributed by atoms with van der Waals surface area (Å²) in [5.41, 5.74) is -0.245.